The fourth-order valence-corrected chi connectivity index (χ4v) is 6.08. The van der Waals surface area contributed by atoms with Gasteiger partial charge in [-0.1, -0.05) is 18.2 Å². The lowest BCUT2D eigenvalue weighted by atomic mass is 10.1. The van der Waals surface area contributed by atoms with Crippen LogP contribution in [0.5, 0.6) is 5.75 Å². The molecule has 2 heterocycles. The van der Waals surface area contributed by atoms with Crippen molar-refractivity contribution in [1.82, 2.24) is 9.99 Å². The molecule has 1 aromatic carbocycles. The number of carbonyl (C=O) groups excluding carboxylic acids is 3. The van der Waals surface area contributed by atoms with E-state index in [-0.39, 0.29) is 5.75 Å². The fraction of sp³-hybridized carbons (Fsp3) is 0.522. The van der Waals surface area contributed by atoms with E-state index in [1.165, 1.54) is 19.1 Å². The van der Waals surface area contributed by atoms with Gasteiger partial charge in [0.05, 0.1) is 18.7 Å². The van der Waals surface area contributed by atoms with Crippen molar-refractivity contribution in [2.24, 2.45) is 0 Å². The van der Waals surface area contributed by atoms with Crippen LogP contribution in [0.2, 0.25) is 0 Å². The molecular formula is C23H29ClFN2O8P. The number of hydrogen-bond donors (Lipinski definition) is 2. The maximum absolute atomic E-state index is 15.8. The van der Waals surface area contributed by atoms with E-state index in [1.54, 1.807) is 32.0 Å². The molecule has 2 aliphatic heterocycles. The fourth-order valence-electron chi connectivity index (χ4n) is 3.69. The number of aliphatic hydroxyl groups excluding tert-OH is 1. The minimum absolute atomic E-state index is 0.209. The van der Waals surface area contributed by atoms with Crippen LogP contribution in [0.1, 0.15) is 33.6 Å². The first kappa shape index (κ1) is 28.3. The molecular weight excluding hydrogens is 518 g/mol. The number of para-hydroxylation sites is 1. The number of nitrogens with one attached hydrogen (secondary N) is 1. The van der Waals surface area contributed by atoms with E-state index < -0.39 is 79.9 Å². The van der Waals surface area contributed by atoms with Gasteiger partial charge >= 0.3 is 13.5 Å². The molecule has 13 heteroatoms. The molecule has 0 spiro atoms. The number of ketones is 1. The molecule has 0 saturated carbocycles. The molecule has 0 aromatic heterocycles. The number of nitrogens with zero attached hydrogens (tertiary/aromatic N) is 1. The quantitative estimate of drug-likeness (QED) is 0.197. The second-order valence-electron chi connectivity index (χ2n) is 8.83. The molecule has 1 amide bonds. The molecule has 0 aliphatic carbocycles. The van der Waals surface area contributed by atoms with Crippen molar-refractivity contribution in [2.75, 3.05) is 6.16 Å². The van der Waals surface area contributed by atoms with Gasteiger partial charge in [-0.25, -0.2) is 9.48 Å². The van der Waals surface area contributed by atoms with E-state index in [1.807, 2.05) is 0 Å². The monoisotopic (exact) mass is 546 g/mol. The minimum Gasteiger partial charge on any atom is -0.462 e. The average molecular weight is 547 g/mol. The van der Waals surface area contributed by atoms with Crippen molar-refractivity contribution in [1.29, 1.82) is 0 Å². The number of aliphatic hydroxyl groups is 1. The van der Waals surface area contributed by atoms with Gasteiger partial charge in [0, 0.05) is 12.6 Å². The predicted molar refractivity (Wildman–Crippen MR) is 128 cm³/mol. The maximum atomic E-state index is 15.8. The number of alkyl halides is 2. The molecule has 1 fully saturated rings. The number of amides is 1. The third-order valence-electron chi connectivity index (χ3n) is 5.48. The summed E-state index contributed by atoms with van der Waals surface area (Å²) in [5.74, 6) is -4.36. The smallest absolute Gasteiger partial charge is 0.323 e. The van der Waals surface area contributed by atoms with E-state index in [4.69, 9.17) is 25.6 Å². The van der Waals surface area contributed by atoms with Gasteiger partial charge in [0.1, 0.15) is 23.3 Å². The van der Waals surface area contributed by atoms with E-state index in [0.717, 1.165) is 17.2 Å². The summed E-state index contributed by atoms with van der Waals surface area (Å²) in [7, 11) is -3.97. The molecule has 1 aromatic rings. The van der Waals surface area contributed by atoms with Crippen LogP contribution in [0.3, 0.4) is 0 Å². The number of allylic oxidation sites excluding steroid dienone is 1. The Morgan fingerprint density at radius 2 is 2.00 bits per heavy atom. The molecule has 0 radical (unpaired) electrons. The number of halogens is 2. The molecule has 198 valence electrons. The van der Waals surface area contributed by atoms with Crippen molar-refractivity contribution in [3.63, 3.8) is 0 Å². The summed E-state index contributed by atoms with van der Waals surface area (Å²) >= 11 is 6.20. The molecule has 6 atom stereocenters. The van der Waals surface area contributed by atoms with Crippen LogP contribution in [-0.2, 0) is 28.4 Å². The second kappa shape index (κ2) is 11.4. The summed E-state index contributed by atoms with van der Waals surface area (Å²) in [4.78, 5) is 36.9. The standard InChI is InChI=1S/C23H29ClFN2O8P/c1-14(2)33-22(31)15(3)26-36(32,35-17-7-5-4-6-8-17)12-10-23(25)20(30)19(24)21(34-23)27-11-9-16(28)13-18(27)29/h4-9,11,14-15,19-21,30H,10,12-13H2,1-3H3,(H,26,32)/t15-,19+,20-,21+,23+,36?/m0/s1. The molecule has 2 N–H and O–H groups in total. The lowest BCUT2D eigenvalue weighted by molar-refractivity contribution is -0.196. The molecule has 0 bridgehead atoms. The third-order valence-corrected chi connectivity index (χ3v) is 8.03. The highest BCUT2D eigenvalue weighted by molar-refractivity contribution is 7.57. The molecule has 10 nitrogen and oxygen atoms in total. The van der Waals surface area contributed by atoms with Gasteiger partial charge in [-0.15, -0.1) is 11.6 Å². The van der Waals surface area contributed by atoms with Gasteiger partial charge in [-0.3, -0.25) is 23.8 Å². The first-order chi connectivity index (χ1) is 16.8. The third kappa shape index (κ3) is 6.72. The summed E-state index contributed by atoms with van der Waals surface area (Å²) < 4.78 is 45.7. The zero-order chi connectivity index (χ0) is 26.7. The van der Waals surface area contributed by atoms with Gasteiger partial charge in [0.15, 0.2) is 12.0 Å². The molecule has 2 aliphatic rings. The predicted octanol–water partition coefficient (Wildman–Crippen LogP) is 2.88. The SMILES string of the molecule is CC(C)OC(=O)[C@H](C)NP(=O)(CC[C@@]1(F)O[C@@H](N2C=CC(=O)CC2=O)[C@H](Cl)[C@@H]1O)Oc1ccccc1. The normalized spacial score (nSPS) is 28.8. The first-order valence-corrected chi connectivity index (χ1v) is 13.6. The van der Waals surface area contributed by atoms with Crippen LogP contribution in [0.25, 0.3) is 0 Å². The highest BCUT2D eigenvalue weighted by Gasteiger charge is 2.58. The van der Waals surface area contributed by atoms with Crippen LogP contribution >= 0.6 is 19.1 Å². The van der Waals surface area contributed by atoms with Gasteiger partial charge in [0.25, 0.3) is 0 Å². The van der Waals surface area contributed by atoms with Crippen LogP contribution in [-0.4, -0.2) is 69.5 Å². The van der Waals surface area contributed by atoms with Crippen LogP contribution in [0.15, 0.2) is 42.6 Å². The molecule has 3 rings (SSSR count). The minimum atomic E-state index is -3.97. The van der Waals surface area contributed by atoms with E-state index in [2.05, 4.69) is 5.09 Å². The van der Waals surface area contributed by atoms with Gasteiger partial charge in [-0.2, -0.15) is 0 Å². The number of ether oxygens (including phenoxy) is 2. The Bertz CT molecular complexity index is 1060. The average Bonchev–Trinajstić information content (AvgIpc) is 3.02. The van der Waals surface area contributed by atoms with Gasteiger partial charge < -0.3 is 19.1 Å². The summed E-state index contributed by atoms with van der Waals surface area (Å²) in [5, 5.41) is 11.8. The Balaban J connectivity index is 1.78. The van der Waals surface area contributed by atoms with E-state index in [9.17, 15) is 24.1 Å². The highest BCUT2D eigenvalue weighted by atomic mass is 35.5. The topological polar surface area (TPSA) is 131 Å². The Labute approximate surface area is 213 Å². The van der Waals surface area contributed by atoms with E-state index in [0.29, 0.717) is 0 Å². The Morgan fingerprint density at radius 3 is 2.61 bits per heavy atom. The second-order valence-corrected chi connectivity index (χ2v) is 11.6. The largest absolute Gasteiger partial charge is 0.462 e. The zero-order valence-electron chi connectivity index (χ0n) is 20.0. The van der Waals surface area contributed by atoms with Crippen molar-refractivity contribution in [3.8, 4) is 5.75 Å². The number of esters is 1. The summed E-state index contributed by atoms with van der Waals surface area (Å²) in [5.41, 5.74) is 0. The number of carbonyl (C=O) groups is 3. The van der Waals surface area contributed by atoms with Gasteiger partial charge in [0.2, 0.25) is 11.8 Å². The number of hydrogen-bond acceptors (Lipinski definition) is 8. The van der Waals surface area contributed by atoms with Crippen molar-refractivity contribution in [3.05, 3.63) is 42.6 Å². The highest BCUT2D eigenvalue weighted by Crippen LogP contribution is 2.48. The summed E-state index contributed by atoms with van der Waals surface area (Å²) in [6.45, 7) is 4.75. The lowest BCUT2D eigenvalue weighted by Crippen LogP contribution is -2.44. The summed E-state index contributed by atoms with van der Waals surface area (Å²) in [6.07, 6.45) is -3.05. The first-order valence-electron chi connectivity index (χ1n) is 11.4. The number of benzene rings is 1. The molecule has 36 heavy (non-hydrogen) atoms. The Hall–Kier alpha value is -2.30. The number of rotatable bonds is 10. The van der Waals surface area contributed by atoms with Crippen molar-refractivity contribution < 1.29 is 42.4 Å². The zero-order valence-corrected chi connectivity index (χ0v) is 21.7. The molecule has 1 saturated heterocycles. The van der Waals surface area contributed by atoms with Crippen molar-refractivity contribution in [2.45, 2.75) is 69.3 Å². The van der Waals surface area contributed by atoms with E-state index >= 15 is 4.39 Å². The maximum Gasteiger partial charge on any atom is 0.323 e. The summed E-state index contributed by atoms with van der Waals surface area (Å²) in [6, 6.07) is 7.03. The van der Waals surface area contributed by atoms with Crippen LogP contribution in [0.4, 0.5) is 4.39 Å². The lowest BCUT2D eigenvalue weighted by Gasteiger charge is -2.30. The van der Waals surface area contributed by atoms with Crippen molar-refractivity contribution >= 4 is 36.8 Å². The van der Waals surface area contributed by atoms with Crippen LogP contribution < -0.4 is 9.61 Å². The Morgan fingerprint density at radius 1 is 1.33 bits per heavy atom. The molecule has 1 unspecified atom stereocenters. The Kier molecular flexibility index (Phi) is 8.95. The van der Waals surface area contributed by atoms with Gasteiger partial charge in [-0.05, 0) is 39.0 Å². The van der Waals surface area contributed by atoms with Crippen LogP contribution in [0, 0.1) is 0 Å².